The number of carbonyl (C=O) groups is 1. The van der Waals surface area contributed by atoms with Crippen LogP contribution < -0.4 is 5.32 Å². The average molecular weight is 333 g/mol. The van der Waals surface area contributed by atoms with E-state index in [9.17, 15) is 4.79 Å². The number of benzene rings is 1. The van der Waals surface area contributed by atoms with Crippen molar-refractivity contribution in [2.45, 2.75) is 71.6 Å². The van der Waals surface area contributed by atoms with Crippen molar-refractivity contribution in [2.24, 2.45) is 0 Å². The third-order valence-electron chi connectivity index (χ3n) is 4.05. The Morgan fingerprint density at radius 2 is 1.78 bits per heavy atom. The first-order chi connectivity index (χ1) is 11.2. The summed E-state index contributed by atoms with van der Waals surface area (Å²) in [6, 6.07) is 6.17. The summed E-state index contributed by atoms with van der Waals surface area (Å²) in [5, 5.41) is 3.66. The van der Waals surface area contributed by atoms with Crippen molar-refractivity contribution >= 4 is 32.6 Å². The third kappa shape index (κ3) is 6.30. The lowest BCUT2D eigenvalue weighted by Gasteiger charge is -2.02. The Labute approximate surface area is 143 Å². The van der Waals surface area contributed by atoms with E-state index in [0.717, 1.165) is 28.2 Å². The fraction of sp³-hybridized carbons (Fsp3) is 0.579. The number of carbonyl (C=O) groups excluding carboxylic acids is 1. The van der Waals surface area contributed by atoms with Crippen molar-refractivity contribution in [3.63, 3.8) is 0 Å². The Hall–Kier alpha value is -1.42. The molecule has 0 bridgehead atoms. The van der Waals surface area contributed by atoms with Crippen molar-refractivity contribution in [3.05, 3.63) is 23.8 Å². The summed E-state index contributed by atoms with van der Waals surface area (Å²) in [6.45, 7) is 4.31. The number of fused-ring (bicyclic) bond motifs is 1. The third-order valence-corrected chi connectivity index (χ3v) is 4.98. The standard InChI is InChI=1S/C19H28N2OS/c1-3-4-5-6-7-8-9-10-11-18(22)21-19-20-16-13-12-15(2)14-17(16)23-19/h12-14H,3-11H2,1-2H3,(H,20,21,22). The number of thiazole rings is 1. The highest BCUT2D eigenvalue weighted by Crippen LogP contribution is 2.26. The van der Waals surface area contributed by atoms with E-state index in [1.165, 1.54) is 44.1 Å². The van der Waals surface area contributed by atoms with Gasteiger partial charge < -0.3 is 5.32 Å². The van der Waals surface area contributed by atoms with Crippen LogP contribution >= 0.6 is 11.3 Å². The van der Waals surface area contributed by atoms with Crippen molar-refractivity contribution in [3.8, 4) is 0 Å². The van der Waals surface area contributed by atoms with Crippen LogP contribution in [0.15, 0.2) is 18.2 Å². The molecule has 0 fully saturated rings. The summed E-state index contributed by atoms with van der Waals surface area (Å²) in [6.07, 6.45) is 10.6. The summed E-state index contributed by atoms with van der Waals surface area (Å²) in [5.74, 6) is 0.0896. The molecular formula is C19H28N2OS. The molecule has 1 aromatic heterocycles. The maximum absolute atomic E-state index is 12.0. The minimum absolute atomic E-state index is 0.0896. The maximum Gasteiger partial charge on any atom is 0.226 e. The first kappa shape index (κ1) is 17.9. The molecule has 1 aromatic carbocycles. The first-order valence-electron chi connectivity index (χ1n) is 8.86. The maximum atomic E-state index is 12.0. The second kappa shape index (κ2) is 9.66. The fourth-order valence-corrected chi connectivity index (χ4v) is 3.67. The molecule has 2 rings (SSSR count). The Bertz CT molecular complexity index is 621. The molecule has 2 aromatic rings. The van der Waals surface area contributed by atoms with Gasteiger partial charge in [-0.05, 0) is 31.0 Å². The van der Waals surface area contributed by atoms with Crippen molar-refractivity contribution in [2.75, 3.05) is 5.32 Å². The molecule has 4 heteroatoms. The van der Waals surface area contributed by atoms with Gasteiger partial charge in [-0.15, -0.1) is 0 Å². The molecule has 1 heterocycles. The molecule has 23 heavy (non-hydrogen) atoms. The molecule has 0 aliphatic rings. The molecule has 1 N–H and O–H groups in total. The van der Waals surface area contributed by atoms with Gasteiger partial charge in [0.1, 0.15) is 0 Å². The number of anilines is 1. The van der Waals surface area contributed by atoms with Crippen LogP contribution in [0.1, 0.15) is 70.3 Å². The van der Waals surface area contributed by atoms with Gasteiger partial charge in [-0.3, -0.25) is 4.79 Å². The van der Waals surface area contributed by atoms with Crippen LogP contribution in [0.4, 0.5) is 5.13 Å². The van der Waals surface area contributed by atoms with Crippen molar-refractivity contribution < 1.29 is 4.79 Å². The van der Waals surface area contributed by atoms with Gasteiger partial charge in [0.05, 0.1) is 10.2 Å². The van der Waals surface area contributed by atoms with Gasteiger partial charge in [0.2, 0.25) is 5.91 Å². The topological polar surface area (TPSA) is 42.0 Å². The zero-order chi connectivity index (χ0) is 16.5. The van der Waals surface area contributed by atoms with E-state index in [4.69, 9.17) is 0 Å². The molecule has 0 spiro atoms. The number of aryl methyl sites for hydroxylation is 1. The molecule has 0 atom stereocenters. The number of amides is 1. The van der Waals surface area contributed by atoms with Gasteiger partial charge in [-0.1, -0.05) is 69.3 Å². The summed E-state index contributed by atoms with van der Waals surface area (Å²) in [7, 11) is 0. The number of unbranched alkanes of at least 4 members (excludes halogenated alkanes) is 7. The SMILES string of the molecule is CCCCCCCCCCC(=O)Nc1nc2ccc(C)cc2s1. The lowest BCUT2D eigenvalue weighted by Crippen LogP contribution is -2.10. The van der Waals surface area contributed by atoms with Gasteiger partial charge >= 0.3 is 0 Å². The van der Waals surface area contributed by atoms with Crippen LogP contribution in [0.2, 0.25) is 0 Å². The first-order valence-corrected chi connectivity index (χ1v) is 9.67. The van der Waals surface area contributed by atoms with Crippen LogP contribution in [0.3, 0.4) is 0 Å². The number of nitrogens with zero attached hydrogens (tertiary/aromatic N) is 1. The molecule has 3 nitrogen and oxygen atoms in total. The number of aromatic nitrogens is 1. The number of rotatable bonds is 10. The molecular weight excluding hydrogens is 304 g/mol. The summed E-state index contributed by atoms with van der Waals surface area (Å²) in [4.78, 5) is 16.5. The monoisotopic (exact) mass is 332 g/mol. The van der Waals surface area contributed by atoms with Gasteiger partial charge in [-0.25, -0.2) is 4.98 Å². The number of hydrogen-bond donors (Lipinski definition) is 1. The van der Waals surface area contributed by atoms with Crippen LogP contribution in [0, 0.1) is 6.92 Å². The van der Waals surface area contributed by atoms with E-state index in [-0.39, 0.29) is 5.91 Å². The highest BCUT2D eigenvalue weighted by molar-refractivity contribution is 7.22. The van der Waals surface area contributed by atoms with Gasteiger partial charge in [0, 0.05) is 6.42 Å². The molecule has 0 saturated heterocycles. The van der Waals surface area contributed by atoms with Crippen LogP contribution in [0.5, 0.6) is 0 Å². The van der Waals surface area contributed by atoms with E-state index in [1.807, 2.05) is 12.1 Å². The average Bonchev–Trinajstić information content (AvgIpc) is 2.91. The van der Waals surface area contributed by atoms with Crippen molar-refractivity contribution in [1.82, 2.24) is 4.98 Å². The second-order valence-corrected chi connectivity index (χ2v) is 7.29. The van der Waals surface area contributed by atoms with Gasteiger partial charge in [0.25, 0.3) is 0 Å². The number of nitrogens with one attached hydrogen (secondary N) is 1. The molecule has 0 unspecified atom stereocenters. The minimum atomic E-state index is 0.0896. The van der Waals surface area contributed by atoms with Crippen LogP contribution in [0.25, 0.3) is 10.2 Å². The van der Waals surface area contributed by atoms with Crippen molar-refractivity contribution in [1.29, 1.82) is 0 Å². The van der Waals surface area contributed by atoms with E-state index in [0.29, 0.717) is 6.42 Å². The largest absolute Gasteiger partial charge is 0.302 e. The van der Waals surface area contributed by atoms with Gasteiger partial charge in [0.15, 0.2) is 5.13 Å². The molecule has 1 amide bonds. The quantitative estimate of drug-likeness (QED) is 0.536. The van der Waals surface area contributed by atoms with E-state index >= 15 is 0 Å². The Morgan fingerprint density at radius 1 is 1.09 bits per heavy atom. The van der Waals surface area contributed by atoms with E-state index in [2.05, 4.69) is 30.2 Å². The molecule has 0 aliphatic heterocycles. The Kier molecular flexibility index (Phi) is 7.53. The minimum Gasteiger partial charge on any atom is -0.302 e. The lowest BCUT2D eigenvalue weighted by molar-refractivity contribution is -0.116. The summed E-state index contributed by atoms with van der Waals surface area (Å²) >= 11 is 1.55. The highest BCUT2D eigenvalue weighted by atomic mass is 32.1. The molecule has 0 radical (unpaired) electrons. The zero-order valence-corrected chi connectivity index (χ0v) is 15.2. The van der Waals surface area contributed by atoms with Crippen LogP contribution in [-0.2, 0) is 4.79 Å². The summed E-state index contributed by atoms with van der Waals surface area (Å²) in [5.41, 5.74) is 2.18. The lowest BCUT2D eigenvalue weighted by atomic mass is 10.1. The van der Waals surface area contributed by atoms with Crippen LogP contribution in [-0.4, -0.2) is 10.9 Å². The van der Waals surface area contributed by atoms with Gasteiger partial charge in [-0.2, -0.15) is 0 Å². The zero-order valence-electron chi connectivity index (χ0n) is 14.4. The second-order valence-electron chi connectivity index (χ2n) is 6.26. The predicted octanol–water partition coefficient (Wildman–Crippen LogP) is 6.07. The molecule has 0 saturated carbocycles. The Morgan fingerprint density at radius 3 is 2.52 bits per heavy atom. The Balaban J connectivity index is 1.64. The fourth-order valence-electron chi connectivity index (χ4n) is 2.69. The predicted molar refractivity (Wildman–Crippen MR) is 100 cm³/mol. The highest BCUT2D eigenvalue weighted by Gasteiger charge is 2.07. The summed E-state index contributed by atoms with van der Waals surface area (Å²) < 4.78 is 1.13. The smallest absolute Gasteiger partial charge is 0.226 e. The molecule has 126 valence electrons. The normalized spacial score (nSPS) is 11.0. The molecule has 0 aliphatic carbocycles. The van der Waals surface area contributed by atoms with E-state index < -0.39 is 0 Å². The number of hydrogen-bond acceptors (Lipinski definition) is 3. The van der Waals surface area contributed by atoms with E-state index in [1.54, 1.807) is 11.3 Å².